The highest BCUT2D eigenvalue weighted by atomic mass is 32.2. The van der Waals surface area contributed by atoms with E-state index in [-0.39, 0.29) is 23.0 Å². The Labute approximate surface area is 127 Å². The first-order chi connectivity index (χ1) is 10.1. The van der Waals surface area contributed by atoms with Crippen molar-refractivity contribution in [2.24, 2.45) is 0 Å². The Morgan fingerprint density at radius 1 is 1.52 bits per heavy atom. The van der Waals surface area contributed by atoms with Crippen LogP contribution in [-0.2, 0) is 9.47 Å². The molecule has 2 heterocycles. The smallest absolute Gasteiger partial charge is 0.340 e. The van der Waals surface area contributed by atoms with Crippen molar-refractivity contribution < 1.29 is 18.7 Å². The van der Waals surface area contributed by atoms with Crippen LogP contribution in [0, 0.1) is 5.82 Å². The largest absolute Gasteiger partial charge is 0.459 e. The molecule has 2 atom stereocenters. The number of thioether (sulfide) groups is 1. The van der Waals surface area contributed by atoms with E-state index in [2.05, 4.69) is 0 Å². The van der Waals surface area contributed by atoms with Crippen molar-refractivity contribution in [2.45, 2.75) is 31.0 Å². The van der Waals surface area contributed by atoms with Gasteiger partial charge in [0.15, 0.2) is 0 Å². The zero-order valence-corrected chi connectivity index (χ0v) is 12.5. The lowest BCUT2D eigenvalue weighted by Gasteiger charge is -2.37. The quantitative estimate of drug-likeness (QED) is 0.672. The third kappa shape index (κ3) is 3.16. The average molecular weight is 311 g/mol. The van der Waals surface area contributed by atoms with Crippen LogP contribution in [0.25, 0.3) is 0 Å². The topological polar surface area (TPSA) is 61.6 Å². The first kappa shape index (κ1) is 14.7. The molecule has 0 radical (unpaired) electrons. The molecule has 0 aliphatic carbocycles. The molecule has 1 spiro atoms. The number of rotatable bonds is 2. The molecule has 1 aromatic carbocycles. The zero-order chi connectivity index (χ0) is 14.9. The molecular formula is C15H18FNO3S. The second-order valence-electron chi connectivity index (χ2n) is 5.59. The minimum atomic E-state index is -0.556. The van der Waals surface area contributed by atoms with Crippen molar-refractivity contribution >= 4 is 23.4 Å². The molecule has 0 bridgehead atoms. The van der Waals surface area contributed by atoms with Gasteiger partial charge >= 0.3 is 5.97 Å². The number of nitrogen functional groups attached to an aromatic ring is 1. The van der Waals surface area contributed by atoms with Gasteiger partial charge in [0.1, 0.15) is 11.9 Å². The fraction of sp³-hybridized carbons (Fsp3) is 0.533. The SMILES string of the molecule is Nc1ccc(F)cc1C(=O)OC1CCOC2(CCSC2)C1. The molecule has 2 N–H and O–H groups in total. The number of benzene rings is 1. The Hall–Kier alpha value is -1.27. The van der Waals surface area contributed by atoms with Gasteiger partial charge in [0.2, 0.25) is 0 Å². The highest BCUT2D eigenvalue weighted by Gasteiger charge is 2.41. The summed E-state index contributed by atoms with van der Waals surface area (Å²) in [6, 6.07) is 3.73. The molecule has 2 saturated heterocycles. The number of ether oxygens (including phenoxy) is 2. The van der Waals surface area contributed by atoms with Crippen LogP contribution in [0.15, 0.2) is 18.2 Å². The van der Waals surface area contributed by atoms with Gasteiger partial charge in [-0.25, -0.2) is 9.18 Å². The molecule has 4 nitrogen and oxygen atoms in total. The number of esters is 1. The van der Waals surface area contributed by atoms with Crippen molar-refractivity contribution in [1.82, 2.24) is 0 Å². The minimum absolute atomic E-state index is 0.0938. The maximum absolute atomic E-state index is 13.2. The van der Waals surface area contributed by atoms with Crippen LogP contribution >= 0.6 is 11.8 Å². The summed E-state index contributed by atoms with van der Waals surface area (Å²) >= 11 is 1.87. The van der Waals surface area contributed by atoms with E-state index in [9.17, 15) is 9.18 Å². The summed E-state index contributed by atoms with van der Waals surface area (Å²) in [5.41, 5.74) is 5.89. The lowest BCUT2D eigenvalue weighted by atomic mass is 9.91. The number of hydrogen-bond acceptors (Lipinski definition) is 5. The summed E-state index contributed by atoms with van der Waals surface area (Å²) < 4.78 is 24.7. The molecule has 0 aromatic heterocycles. The Balaban J connectivity index is 1.68. The van der Waals surface area contributed by atoms with E-state index < -0.39 is 11.8 Å². The van der Waals surface area contributed by atoms with Gasteiger partial charge in [0.25, 0.3) is 0 Å². The molecule has 1 aromatic rings. The summed E-state index contributed by atoms with van der Waals surface area (Å²) in [6.45, 7) is 0.594. The van der Waals surface area contributed by atoms with Crippen LogP contribution in [0.4, 0.5) is 10.1 Å². The molecule has 2 aliphatic rings. The summed E-state index contributed by atoms with van der Waals surface area (Å²) in [5, 5.41) is 0. The molecule has 21 heavy (non-hydrogen) atoms. The van der Waals surface area contributed by atoms with E-state index in [1.165, 1.54) is 12.1 Å². The molecule has 0 saturated carbocycles. The number of nitrogens with two attached hydrogens (primary N) is 1. The lowest BCUT2D eigenvalue weighted by molar-refractivity contribution is -0.106. The van der Waals surface area contributed by atoms with Crippen LogP contribution < -0.4 is 5.73 Å². The Bertz CT molecular complexity index is 546. The molecule has 0 amide bonds. The third-order valence-electron chi connectivity index (χ3n) is 4.02. The number of halogens is 1. The van der Waals surface area contributed by atoms with Crippen molar-refractivity contribution in [2.75, 3.05) is 23.8 Å². The molecule has 2 aliphatic heterocycles. The normalized spacial score (nSPS) is 28.7. The molecular weight excluding hydrogens is 293 g/mol. The number of anilines is 1. The summed E-state index contributed by atoms with van der Waals surface area (Å²) in [5.74, 6) is 0.979. The molecule has 114 valence electrons. The Morgan fingerprint density at radius 3 is 3.14 bits per heavy atom. The fourth-order valence-corrected chi connectivity index (χ4v) is 4.25. The van der Waals surface area contributed by atoms with Crippen molar-refractivity contribution in [3.05, 3.63) is 29.6 Å². The molecule has 6 heteroatoms. The van der Waals surface area contributed by atoms with Gasteiger partial charge in [-0.15, -0.1) is 0 Å². The van der Waals surface area contributed by atoms with Gasteiger partial charge in [0.05, 0.1) is 17.8 Å². The second-order valence-corrected chi connectivity index (χ2v) is 6.69. The van der Waals surface area contributed by atoms with Gasteiger partial charge in [0, 0.05) is 24.3 Å². The minimum Gasteiger partial charge on any atom is -0.459 e. The standard InChI is InChI=1S/C15H18FNO3S/c16-10-1-2-13(17)12(7-10)14(18)20-11-3-5-19-15(8-11)4-6-21-9-15/h1-2,7,11H,3-6,8-9,17H2. The van der Waals surface area contributed by atoms with Gasteiger partial charge < -0.3 is 15.2 Å². The van der Waals surface area contributed by atoms with Crippen LogP contribution in [0.2, 0.25) is 0 Å². The van der Waals surface area contributed by atoms with Crippen molar-refractivity contribution in [3.8, 4) is 0 Å². The maximum Gasteiger partial charge on any atom is 0.340 e. The summed E-state index contributed by atoms with van der Waals surface area (Å²) in [4.78, 5) is 12.2. The van der Waals surface area contributed by atoms with Gasteiger partial charge in [-0.05, 0) is 30.4 Å². The highest BCUT2D eigenvalue weighted by Crippen LogP contribution is 2.39. The van der Waals surface area contributed by atoms with E-state index in [0.29, 0.717) is 19.4 Å². The molecule has 2 unspecified atom stereocenters. The lowest BCUT2D eigenvalue weighted by Crippen LogP contribution is -2.43. The van der Waals surface area contributed by atoms with E-state index >= 15 is 0 Å². The first-order valence-corrected chi connectivity index (χ1v) is 8.21. The summed E-state index contributed by atoms with van der Waals surface area (Å²) in [6.07, 6.45) is 2.19. The van der Waals surface area contributed by atoms with E-state index in [0.717, 1.165) is 24.0 Å². The summed E-state index contributed by atoms with van der Waals surface area (Å²) in [7, 11) is 0. The average Bonchev–Trinajstić information content (AvgIpc) is 2.89. The predicted octanol–water partition coefficient (Wildman–Crippen LogP) is 2.62. The van der Waals surface area contributed by atoms with Gasteiger partial charge in [-0.3, -0.25) is 0 Å². The Morgan fingerprint density at radius 2 is 2.38 bits per heavy atom. The third-order valence-corrected chi connectivity index (χ3v) is 5.25. The zero-order valence-electron chi connectivity index (χ0n) is 11.6. The van der Waals surface area contributed by atoms with Crippen LogP contribution in [0.5, 0.6) is 0 Å². The van der Waals surface area contributed by atoms with Crippen molar-refractivity contribution in [3.63, 3.8) is 0 Å². The van der Waals surface area contributed by atoms with Crippen LogP contribution in [0.1, 0.15) is 29.6 Å². The highest BCUT2D eigenvalue weighted by molar-refractivity contribution is 7.99. The van der Waals surface area contributed by atoms with E-state index in [4.69, 9.17) is 15.2 Å². The Kier molecular flexibility index (Phi) is 4.08. The van der Waals surface area contributed by atoms with Gasteiger partial charge in [-0.1, -0.05) is 0 Å². The fourth-order valence-electron chi connectivity index (χ4n) is 2.87. The van der Waals surface area contributed by atoms with Crippen LogP contribution in [0.3, 0.4) is 0 Å². The van der Waals surface area contributed by atoms with Gasteiger partial charge in [-0.2, -0.15) is 11.8 Å². The maximum atomic E-state index is 13.2. The van der Waals surface area contributed by atoms with Crippen molar-refractivity contribution in [1.29, 1.82) is 0 Å². The second kappa shape index (κ2) is 5.85. The van der Waals surface area contributed by atoms with E-state index in [1.807, 2.05) is 11.8 Å². The predicted molar refractivity (Wildman–Crippen MR) is 79.9 cm³/mol. The number of carbonyl (C=O) groups excluding carboxylic acids is 1. The monoisotopic (exact) mass is 311 g/mol. The van der Waals surface area contributed by atoms with E-state index in [1.54, 1.807) is 0 Å². The molecule has 2 fully saturated rings. The number of carbonyl (C=O) groups is 1. The van der Waals surface area contributed by atoms with Crippen LogP contribution in [-0.4, -0.2) is 35.8 Å². The first-order valence-electron chi connectivity index (χ1n) is 7.06. The molecule has 3 rings (SSSR count). The number of hydrogen-bond donors (Lipinski definition) is 1.